The minimum absolute atomic E-state index is 0.435. The molecule has 3 heteroatoms. The Balaban J connectivity index is 1.83. The van der Waals surface area contributed by atoms with Gasteiger partial charge in [-0.2, -0.15) is 0 Å². The summed E-state index contributed by atoms with van der Waals surface area (Å²) < 4.78 is 5.39. The molecule has 0 spiro atoms. The van der Waals surface area contributed by atoms with E-state index in [1.807, 2.05) is 12.1 Å². The molecule has 1 aliphatic carbocycles. The second-order valence-corrected chi connectivity index (χ2v) is 5.59. The molecule has 1 heterocycles. The van der Waals surface area contributed by atoms with Crippen LogP contribution in [0.2, 0.25) is 0 Å². The van der Waals surface area contributed by atoms with Gasteiger partial charge >= 0.3 is 0 Å². The van der Waals surface area contributed by atoms with Gasteiger partial charge in [0.05, 0.1) is 6.26 Å². The first-order valence-electron chi connectivity index (χ1n) is 7.32. The second-order valence-electron chi connectivity index (χ2n) is 5.59. The number of rotatable bonds is 6. The van der Waals surface area contributed by atoms with Crippen molar-refractivity contribution < 1.29 is 4.42 Å². The van der Waals surface area contributed by atoms with Gasteiger partial charge in [0.15, 0.2) is 0 Å². The molecule has 1 aromatic rings. The van der Waals surface area contributed by atoms with Gasteiger partial charge in [0.25, 0.3) is 0 Å². The van der Waals surface area contributed by atoms with Crippen molar-refractivity contribution in [2.45, 2.75) is 57.9 Å². The molecule has 3 N–H and O–H groups in total. The minimum atomic E-state index is 0.435. The third kappa shape index (κ3) is 3.59. The van der Waals surface area contributed by atoms with Crippen LogP contribution in [0.25, 0.3) is 0 Å². The zero-order chi connectivity index (χ0) is 12.8. The molecule has 3 atom stereocenters. The molecular formula is C15H26N2O. The van der Waals surface area contributed by atoms with Crippen LogP contribution in [-0.2, 0) is 6.42 Å². The van der Waals surface area contributed by atoms with Crippen molar-refractivity contribution in [2.75, 3.05) is 0 Å². The monoisotopic (exact) mass is 250 g/mol. The Morgan fingerprint density at radius 1 is 1.50 bits per heavy atom. The minimum Gasteiger partial charge on any atom is -0.469 e. The van der Waals surface area contributed by atoms with Crippen LogP contribution < -0.4 is 11.3 Å². The van der Waals surface area contributed by atoms with Crippen molar-refractivity contribution in [2.24, 2.45) is 17.7 Å². The summed E-state index contributed by atoms with van der Waals surface area (Å²) in [5, 5.41) is 0. The van der Waals surface area contributed by atoms with Gasteiger partial charge in [-0.1, -0.05) is 26.2 Å². The van der Waals surface area contributed by atoms with E-state index in [0.717, 1.165) is 30.4 Å². The quantitative estimate of drug-likeness (QED) is 0.602. The Bertz CT molecular complexity index is 323. The fourth-order valence-corrected chi connectivity index (χ4v) is 3.28. The molecule has 0 amide bonds. The second kappa shape index (κ2) is 6.95. The van der Waals surface area contributed by atoms with Crippen LogP contribution in [0.5, 0.6) is 0 Å². The number of furan rings is 1. The van der Waals surface area contributed by atoms with Crippen molar-refractivity contribution in [3.8, 4) is 0 Å². The highest BCUT2D eigenvalue weighted by Gasteiger charge is 2.27. The summed E-state index contributed by atoms with van der Waals surface area (Å²) >= 11 is 0. The summed E-state index contributed by atoms with van der Waals surface area (Å²) in [6, 6.07) is 4.43. The number of nitrogens with two attached hydrogens (primary N) is 1. The van der Waals surface area contributed by atoms with Gasteiger partial charge in [0.1, 0.15) is 5.76 Å². The van der Waals surface area contributed by atoms with Crippen molar-refractivity contribution >= 4 is 0 Å². The summed E-state index contributed by atoms with van der Waals surface area (Å²) in [6.07, 6.45) is 10.5. The lowest BCUT2D eigenvalue weighted by atomic mass is 9.76. The average Bonchev–Trinajstić information content (AvgIpc) is 2.93. The summed E-state index contributed by atoms with van der Waals surface area (Å²) in [7, 11) is 0. The van der Waals surface area contributed by atoms with Crippen LogP contribution in [0.3, 0.4) is 0 Å². The standard InChI is InChI=1S/C15H26N2O/c1-2-12-5-3-6-13(11-12)15(17-16)9-8-14-7-4-10-18-14/h4,7,10,12-13,15,17H,2-3,5-6,8-9,11,16H2,1H3. The maximum atomic E-state index is 5.75. The molecule has 3 unspecified atom stereocenters. The van der Waals surface area contributed by atoms with E-state index < -0.39 is 0 Å². The van der Waals surface area contributed by atoms with Gasteiger partial charge in [0, 0.05) is 12.5 Å². The number of hydrogen-bond acceptors (Lipinski definition) is 3. The highest BCUT2D eigenvalue weighted by Crippen LogP contribution is 2.33. The van der Waals surface area contributed by atoms with Gasteiger partial charge in [0.2, 0.25) is 0 Å². The molecule has 1 aliphatic rings. The summed E-state index contributed by atoms with van der Waals surface area (Å²) in [4.78, 5) is 0. The fraction of sp³-hybridized carbons (Fsp3) is 0.733. The average molecular weight is 250 g/mol. The predicted octanol–water partition coefficient (Wildman–Crippen LogP) is 3.26. The third-order valence-corrected chi connectivity index (χ3v) is 4.47. The van der Waals surface area contributed by atoms with E-state index in [2.05, 4.69) is 12.3 Å². The molecule has 1 saturated carbocycles. The van der Waals surface area contributed by atoms with Crippen LogP contribution in [0, 0.1) is 11.8 Å². The first-order valence-corrected chi connectivity index (χ1v) is 7.32. The zero-order valence-electron chi connectivity index (χ0n) is 11.4. The largest absolute Gasteiger partial charge is 0.469 e. The number of hydrogen-bond donors (Lipinski definition) is 2. The third-order valence-electron chi connectivity index (χ3n) is 4.47. The van der Waals surface area contributed by atoms with Crippen LogP contribution in [0.4, 0.5) is 0 Å². The lowest BCUT2D eigenvalue weighted by molar-refractivity contribution is 0.201. The maximum absolute atomic E-state index is 5.75. The van der Waals surface area contributed by atoms with E-state index in [1.165, 1.54) is 32.1 Å². The number of nitrogens with one attached hydrogen (secondary N) is 1. The molecule has 2 rings (SSSR count). The Kier molecular flexibility index (Phi) is 5.26. The molecule has 3 nitrogen and oxygen atoms in total. The Hall–Kier alpha value is -0.800. The molecular weight excluding hydrogens is 224 g/mol. The number of hydrazine groups is 1. The molecule has 0 radical (unpaired) electrons. The lowest BCUT2D eigenvalue weighted by Gasteiger charge is -2.34. The van der Waals surface area contributed by atoms with Gasteiger partial charge < -0.3 is 4.42 Å². The number of aryl methyl sites for hydroxylation is 1. The first kappa shape index (κ1) is 13.6. The van der Waals surface area contributed by atoms with Gasteiger partial charge in [-0.3, -0.25) is 11.3 Å². The highest BCUT2D eigenvalue weighted by atomic mass is 16.3. The Labute approximate surface area is 110 Å². The van der Waals surface area contributed by atoms with Crippen LogP contribution in [-0.4, -0.2) is 6.04 Å². The molecule has 0 bridgehead atoms. The molecule has 0 aliphatic heterocycles. The molecule has 1 fully saturated rings. The Morgan fingerprint density at radius 3 is 3.06 bits per heavy atom. The lowest BCUT2D eigenvalue weighted by Crippen LogP contribution is -2.42. The molecule has 0 aromatic carbocycles. The van der Waals surface area contributed by atoms with Crippen molar-refractivity contribution in [1.82, 2.24) is 5.43 Å². The van der Waals surface area contributed by atoms with Gasteiger partial charge in [-0.25, -0.2) is 0 Å². The van der Waals surface area contributed by atoms with Gasteiger partial charge in [-0.05, 0) is 43.2 Å². The topological polar surface area (TPSA) is 51.2 Å². The van der Waals surface area contributed by atoms with E-state index in [-0.39, 0.29) is 0 Å². The normalized spacial score (nSPS) is 26.1. The van der Waals surface area contributed by atoms with Crippen molar-refractivity contribution in [3.05, 3.63) is 24.2 Å². The van der Waals surface area contributed by atoms with E-state index in [9.17, 15) is 0 Å². The van der Waals surface area contributed by atoms with Crippen LogP contribution >= 0.6 is 0 Å². The molecule has 18 heavy (non-hydrogen) atoms. The Morgan fingerprint density at radius 2 is 2.39 bits per heavy atom. The predicted molar refractivity (Wildman–Crippen MR) is 73.9 cm³/mol. The molecule has 1 aromatic heterocycles. The summed E-state index contributed by atoms with van der Waals surface area (Å²) in [5.74, 6) is 8.46. The van der Waals surface area contributed by atoms with Crippen molar-refractivity contribution in [3.63, 3.8) is 0 Å². The van der Waals surface area contributed by atoms with Gasteiger partial charge in [-0.15, -0.1) is 0 Å². The zero-order valence-corrected chi connectivity index (χ0v) is 11.4. The maximum Gasteiger partial charge on any atom is 0.103 e. The van der Waals surface area contributed by atoms with Crippen LogP contribution in [0.1, 0.15) is 51.2 Å². The summed E-state index contributed by atoms with van der Waals surface area (Å²) in [6.45, 7) is 2.31. The van der Waals surface area contributed by atoms with Crippen molar-refractivity contribution in [1.29, 1.82) is 0 Å². The smallest absolute Gasteiger partial charge is 0.103 e. The van der Waals surface area contributed by atoms with E-state index in [4.69, 9.17) is 10.3 Å². The molecule has 0 saturated heterocycles. The first-order chi connectivity index (χ1) is 8.83. The van der Waals surface area contributed by atoms with E-state index >= 15 is 0 Å². The van der Waals surface area contributed by atoms with Crippen LogP contribution in [0.15, 0.2) is 22.8 Å². The fourth-order valence-electron chi connectivity index (χ4n) is 3.28. The molecule has 102 valence electrons. The van der Waals surface area contributed by atoms with E-state index in [1.54, 1.807) is 6.26 Å². The highest BCUT2D eigenvalue weighted by molar-refractivity contribution is 4.99. The van der Waals surface area contributed by atoms with E-state index in [0.29, 0.717) is 6.04 Å². The SMILES string of the molecule is CCC1CCCC(C(CCc2ccco2)NN)C1. The summed E-state index contributed by atoms with van der Waals surface area (Å²) in [5.41, 5.74) is 3.04.